The molecule has 1 aromatic carbocycles. The standard InChI is InChI=1S/C16H16N4/c1-13-6-7-15(17-11-13)12-18-14-4-2-5-16(10-14)20-9-3-8-19-20/h2-11,18H,12H2,1H3. The summed E-state index contributed by atoms with van der Waals surface area (Å²) in [5.41, 5.74) is 4.30. The first kappa shape index (κ1) is 12.4. The SMILES string of the molecule is Cc1ccc(CNc2cccc(-n3cccn3)c2)nc1. The Morgan fingerprint density at radius 2 is 2.10 bits per heavy atom. The Labute approximate surface area is 118 Å². The number of hydrogen-bond donors (Lipinski definition) is 1. The molecule has 100 valence electrons. The maximum atomic E-state index is 4.39. The van der Waals surface area contributed by atoms with Gasteiger partial charge in [0.05, 0.1) is 17.9 Å². The van der Waals surface area contributed by atoms with Gasteiger partial charge in [0.2, 0.25) is 0 Å². The number of aromatic nitrogens is 3. The van der Waals surface area contributed by atoms with Gasteiger partial charge in [-0.05, 0) is 42.8 Å². The van der Waals surface area contributed by atoms with E-state index in [1.54, 1.807) is 6.20 Å². The zero-order chi connectivity index (χ0) is 13.8. The molecular formula is C16H16N4. The van der Waals surface area contributed by atoms with E-state index < -0.39 is 0 Å². The number of rotatable bonds is 4. The van der Waals surface area contributed by atoms with Gasteiger partial charge in [0.15, 0.2) is 0 Å². The van der Waals surface area contributed by atoms with E-state index in [1.165, 1.54) is 5.56 Å². The molecule has 4 nitrogen and oxygen atoms in total. The summed E-state index contributed by atoms with van der Waals surface area (Å²) in [5, 5.41) is 7.61. The lowest BCUT2D eigenvalue weighted by Crippen LogP contribution is -2.02. The van der Waals surface area contributed by atoms with E-state index in [0.29, 0.717) is 6.54 Å². The van der Waals surface area contributed by atoms with Crippen LogP contribution in [0, 0.1) is 6.92 Å². The second-order valence-corrected chi connectivity index (χ2v) is 4.68. The fourth-order valence-electron chi connectivity index (χ4n) is 1.98. The molecule has 0 aliphatic heterocycles. The first-order chi connectivity index (χ1) is 9.81. The van der Waals surface area contributed by atoms with Crippen LogP contribution in [0.25, 0.3) is 5.69 Å². The Morgan fingerprint density at radius 3 is 2.85 bits per heavy atom. The van der Waals surface area contributed by atoms with Crippen LogP contribution in [0.15, 0.2) is 61.1 Å². The van der Waals surface area contributed by atoms with Gasteiger partial charge >= 0.3 is 0 Å². The third-order valence-corrected chi connectivity index (χ3v) is 3.06. The smallest absolute Gasteiger partial charge is 0.0666 e. The molecule has 0 radical (unpaired) electrons. The summed E-state index contributed by atoms with van der Waals surface area (Å²) >= 11 is 0. The number of benzene rings is 1. The molecule has 0 spiro atoms. The quantitative estimate of drug-likeness (QED) is 0.787. The molecular weight excluding hydrogens is 248 g/mol. The number of aryl methyl sites for hydroxylation is 1. The highest BCUT2D eigenvalue weighted by Crippen LogP contribution is 2.14. The van der Waals surface area contributed by atoms with Crippen molar-refractivity contribution in [1.82, 2.24) is 14.8 Å². The molecule has 0 amide bonds. The predicted molar refractivity (Wildman–Crippen MR) is 79.9 cm³/mol. The molecule has 0 saturated heterocycles. The van der Waals surface area contributed by atoms with Crippen LogP contribution in [0.2, 0.25) is 0 Å². The Morgan fingerprint density at radius 1 is 1.15 bits per heavy atom. The van der Waals surface area contributed by atoms with E-state index in [0.717, 1.165) is 17.1 Å². The summed E-state index contributed by atoms with van der Waals surface area (Å²) in [6.07, 6.45) is 5.59. The van der Waals surface area contributed by atoms with Crippen LogP contribution >= 0.6 is 0 Å². The molecule has 1 N–H and O–H groups in total. The van der Waals surface area contributed by atoms with E-state index in [4.69, 9.17) is 0 Å². The third-order valence-electron chi connectivity index (χ3n) is 3.06. The molecule has 0 unspecified atom stereocenters. The molecule has 20 heavy (non-hydrogen) atoms. The molecule has 0 fully saturated rings. The topological polar surface area (TPSA) is 42.7 Å². The van der Waals surface area contributed by atoms with Crippen molar-refractivity contribution in [3.05, 3.63) is 72.3 Å². The normalized spacial score (nSPS) is 10.4. The Bertz CT molecular complexity index is 672. The van der Waals surface area contributed by atoms with Crippen LogP contribution in [0.3, 0.4) is 0 Å². The van der Waals surface area contributed by atoms with Crippen LogP contribution in [0.1, 0.15) is 11.3 Å². The molecule has 2 aromatic heterocycles. The van der Waals surface area contributed by atoms with Crippen molar-refractivity contribution in [1.29, 1.82) is 0 Å². The number of nitrogens with one attached hydrogen (secondary N) is 1. The highest BCUT2D eigenvalue weighted by atomic mass is 15.3. The Kier molecular flexibility index (Phi) is 3.46. The van der Waals surface area contributed by atoms with E-state index in [-0.39, 0.29) is 0 Å². The Balaban J connectivity index is 1.72. The molecule has 2 heterocycles. The van der Waals surface area contributed by atoms with Gasteiger partial charge in [0, 0.05) is 24.3 Å². The van der Waals surface area contributed by atoms with Gasteiger partial charge in [-0.1, -0.05) is 12.1 Å². The fourth-order valence-corrected chi connectivity index (χ4v) is 1.98. The molecule has 0 atom stereocenters. The number of pyridine rings is 1. The molecule has 4 heteroatoms. The maximum absolute atomic E-state index is 4.39. The Hall–Kier alpha value is -2.62. The predicted octanol–water partition coefficient (Wildman–Crippen LogP) is 3.19. The minimum Gasteiger partial charge on any atom is -0.379 e. The minimum absolute atomic E-state index is 0.711. The van der Waals surface area contributed by atoms with Crippen molar-refractivity contribution in [2.45, 2.75) is 13.5 Å². The zero-order valence-corrected chi connectivity index (χ0v) is 11.3. The highest BCUT2D eigenvalue weighted by molar-refractivity contribution is 5.50. The maximum Gasteiger partial charge on any atom is 0.0666 e. The lowest BCUT2D eigenvalue weighted by atomic mass is 10.2. The van der Waals surface area contributed by atoms with E-state index in [1.807, 2.05) is 54.3 Å². The summed E-state index contributed by atoms with van der Waals surface area (Å²) in [6, 6.07) is 14.2. The average Bonchev–Trinajstić information content (AvgIpc) is 3.01. The van der Waals surface area contributed by atoms with E-state index in [9.17, 15) is 0 Å². The van der Waals surface area contributed by atoms with E-state index >= 15 is 0 Å². The van der Waals surface area contributed by atoms with Crippen LogP contribution in [-0.2, 0) is 6.54 Å². The second kappa shape index (κ2) is 5.57. The molecule has 3 rings (SSSR count). The lowest BCUT2D eigenvalue weighted by Gasteiger charge is -2.08. The van der Waals surface area contributed by atoms with Crippen molar-refractivity contribution < 1.29 is 0 Å². The molecule has 0 aliphatic carbocycles. The number of nitrogens with zero attached hydrogens (tertiary/aromatic N) is 3. The van der Waals surface area contributed by atoms with Crippen molar-refractivity contribution in [3.63, 3.8) is 0 Å². The minimum atomic E-state index is 0.711. The van der Waals surface area contributed by atoms with Gasteiger partial charge in [-0.3, -0.25) is 4.98 Å². The van der Waals surface area contributed by atoms with E-state index in [2.05, 4.69) is 27.5 Å². The van der Waals surface area contributed by atoms with Crippen molar-refractivity contribution in [2.24, 2.45) is 0 Å². The third kappa shape index (κ3) is 2.85. The van der Waals surface area contributed by atoms with Gasteiger partial charge in [0.1, 0.15) is 0 Å². The average molecular weight is 264 g/mol. The number of hydrogen-bond acceptors (Lipinski definition) is 3. The first-order valence-corrected chi connectivity index (χ1v) is 6.57. The fraction of sp³-hybridized carbons (Fsp3) is 0.125. The second-order valence-electron chi connectivity index (χ2n) is 4.68. The molecule has 3 aromatic rings. The van der Waals surface area contributed by atoms with Crippen LogP contribution < -0.4 is 5.32 Å². The molecule has 0 saturated carbocycles. The molecule has 0 bridgehead atoms. The summed E-state index contributed by atoms with van der Waals surface area (Å²) in [7, 11) is 0. The van der Waals surface area contributed by atoms with Gasteiger partial charge in [-0.15, -0.1) is 0 Å². The summed E-state index contributed by atoms with van der Waals surface area (Å²) < 4.78 is 1.84. The van der Waals surface area contributed by atoms with Gasteiger partial charge in [-0.2, -0.15) is 5.10 Å². The van der Waals surface area contributed by atoms with Crippen molar-refractivity contribution in [2.75, 3.05) is 5.32 Å². The summed E-state index contributed by atoms with van der Waals surface area (Å²) in [4.78, 5) is 4.39. The van der Waals surface area contributed by atoms with Crippen molar-refractivity contribution >= 4 is 5.69 Å². The number of anilines is 1. The van der Waals surface area contributed by atoms with Gasteiger partial charge in [0.25, 0.3) is 0 Å². The largest absolute Gasteiger partial charge is 0.379 e. The van der Waals surface area contributed by atoms with Crippen molar-refractivity contribution in [3.8, 4) is 5.69 Å². The van der Waals surface area contributed by atoms with Gasteiger partial charge < -0.3 is 5.32 Å². The van der Waals surface area contributed by atoms with Gasteiger partial charge in [-0.25, -0.2) is 4.68 Å². The zero-order valence-electron chi connectivity index (χ0n) is 11.3. The lowest BCUT2D eigenvalue weighted by molar-refractivity contribution is 0.880. The monoisotopic (exact) mass is 264 g/mol. The molecule has 0 aliphatic rings. The first-order valence-electron chi connectivity index (χ1n) is 6.57. The highest BCUT2D eigenvalue weighted by Gasteiger charge is 1.99. The summed E-state index contributed by atoms with van der Waals surface area (Å²) in [5.74, 6) is 0. The van der Waals surface area contributed by atoms with Crippen LogP contribution in [0.5, 0.6) is 0 Å². The van der Waals surface area contributed by atoms with Crippen LogP contribution in [0.4, 0.5) is 5.69 Å². The van der Waals surface area contributed by atoms with Crippen LogP contribution in [-0.4, -0.2) is 14.8 Å². The summed E-state index contributed by atoms with van der Waals surface area (Å²) in [6.45, 7) is 2.75.